The van der Waals surface area contributed by atoms with Gasteiger partial charge in [0.2, 0.25) is 0 Å². The molecule has 2 N–H and O–H groups in total. The third-order valence-corrected chi connectivity index (χ3v) is 7.07. The van der Waals surface area contributed by atoms with Gasteiger partial charge in [0.25, 0.3) is 10.1 Å². The maximum absolute atomic E-state index is 13.6. The highest BCUT2D eigenvalue weighted by Gasteiger charge is 2.38. The first-order valence-electron chi connectivity index (χ1n) is 10.3. The van der Waals surface area contributed by atoms with Crippen LogP contribution in [-0.4, -0.2) is 26.3 Å². The Morgan fingerprint density at radius 2 is 1.74 bits per heavy atom. The predicted molar refractivity (Wildman–Crippen MR) is 124 cm³/mol. The lowest BCUT2D eigenvalue weighted by Gasteiger charge is -2.22. The quantitative estimate of drug-likeness (QED) is 0.407. The summed E-state index contributed by atoms with van der Waals surface area (Å²) >= 11 is 5.63. The summed E-state index contributed by atoms with van der Waals surface area (Å²) in [5.74, 6) is -2.83. The van der Waals surface area contributed by atoms with Crippen molar-refractivity contribution in [2.45, 2.75) is 30.4 Å². The summed E-state index contributed by atoms with van der Waals surface area (Å²) in [6, 6.07) is 15.9. The molecule has 0 unspecified atom stereocenters. The van der Waals surface area contributed by atoms with Crippen LogP contribution in [0.5, 0.6) is 0 Å². The topological polar surface area (TPSA) is 102 Å². The number of nitrogens with one attached hydrogen (secondary N) is 2. The number of fused-ring (bicyclic) bond motifs is 1. The molecule has 0 heterocycles. The molecule has 0 saturated heterocycles. The van der Waals surface area contributed by atoms with Gasteiger partial charge in [0.1, 0.15) is 11.9 Å². The molecule has 3 aromatic carbocycles. The Balaban J connectivity index is 1.53. The van der Waals surface area contributed by atoms with Crippen LogP contribution in [0.2, 0.25) is 5.02 Å². The molecule has 0 aliphatic heterocycles. The lowest BCUT2D eigenvalue weighted by molar-refractivity contribution is -0.137. The first kappa shape index (κ1) is 23.9. The van der Waals surface area contributed by atoms with Gasteiger partial charge < -0.3 is 10.6 Å². The molecule has 10 heteroatoms. The summed E-state index contributed by atoms with van der Waals surface area (Å²) < 4.78 is 44.9. The summed E-state index contributed by atoms with van der Waals surface area (Å²) in [5, 5.41) is 4.72. The molecule has 0 radical (unpaired) electrons. The lowest BCUT2D eigenvalue weighted by atomic mass is 10.1. The van der Waals surface area contributed by atoms with Crippen molar-refractivity contribution in [1.29, 1.82) is 0 Å². The Kier molecular flexibility index (Phi) is 6.70. The van der Waals surface area contributed by atoms with Crippen molar-refractivity contribution in [3.63, 3.8) is 0 Å². The Labute approximate surface area is 201 Å². The fraction of sp³-hybridized carbons (Fsp3) is 0.167. The number of amides is 2. The number of hydrogen-bond donors (Lipinski definition) is 2. The minimum Gasteiger partial charge on any atom is -0.338 e. The van der Waals surface area contributed by atoms with E-state index in [1.807, 2.05) is 6.92 Å². The molecule has 0 fully saturated rings. The summed E-state index contributed by atoms with van der Waals surface area (Å²) in [6.45, 7) is 1.83. The van der Waals surface area contributed by atoms with Crippen LogP contribution in [0.1, 0.15) is 22.7 Å². The standard InChI is InChI=1S/C24H20ClFN2O5S/c1-14-6-9-17(10-7-14)34(31,32)33-21-12-15-4-2-3-5-18(15)22(21)28-24(30)23(29)27-16-8-11-19(25)20(26)13-16/h2-11,13,21-22H,12H2,1H3,(H,27,29)(H,28,30)/t21-,22-/m0/s1. The van der Waals surface area contributed by atoms with E-state index in [2.05, 4.69) is 10.6 Å². The highest BCUT2D eigenvalue weighted by Crippen LogP contribution is 2.35. The van der Waals surface area contributed by atoms with E-state index in [9.17, 15) is 22.4 Å². The van der Waals surface area contributed by atoms with Crippen molar-refractivity contribution in [1.82, 2.24) is 5.32 Å². The fourth-order valence-electron chi connectivity index (χ4n) is 3.71. The third kappa shape index (κ3) is 5.11. The van der Waals surface area contributed by atoms with Crippen molar-refractivity contribution in [3.05, 3.63) is 94.3 Å². The molecule has 0 spiro atoms. The minimum absolute atomic E-state index is 0.0124. The van der Waals surface area contributed by atoms with Crippen LogP contribution < -0.4 is 10.6 Å². The first-order chi connectivity index (χ1) is 16.1. The maximum Gasteiger partial charge on any atom is 0.313 e. The molecule has 0 aromatic heterocycles. The highest BCUT2D eigenvalue weighted by molar-refractivity contribution is 7.86. The van der Waals surface area contributed by atoms with E-state index in [0.717, 1.165) is 17.2 Å². The molecule has 0 bridgehead atoms. The lowest BCUT2D eigenvalue weighted by Crippen LogP contribution is -2.42. The highest BCUT2D eigenvalue weighted by atomic mass is 35.5. The molecule has 0 saturated carbocycles. The third-order valence-electron chi connectivity index (χ3n) is 5.41. The Morgan fingerprint density at radius 3 is 2.44 bits per heavy atom. The number of anilines is 1. The van der Waals surface area contributed by atoms with E-state index < -0.39 is 39.9 Å². The molecular weight excluding hydrogens is 483 g/mol. The van der Waals surface area contributed by atoms with Crippen LogP contribution in [0.25, 0.3) is 0 Å². The molecule has 1 aliphatic rings. The molecule has 1 aliphatic carbocycles. The second-order valence-electron chi connectivity index (χ2n) is 7.84. The maximum atomic E-state index is 13.6. The number of carbonyl (C=O) groups excluding carboxylic acids is 2. The Morgan fingerprint density at radius 1 is 1.03 bits per heavy atom. The van der Waals surface area contributed by atoms with Gasteiger partial charge >= 0.3 is 11.8 Å². The van der Waals surface area contributed by atoms with Crippen molar-refractivity contribution >= 4 is 39.2 Å². The van der Waals surface area contributed by atoms with Gasteiger partial charge in [0.05, 0.1) is 16.0 Å². The van der Waals surface area contributed by atoms with Crippen LogP contribution in [0.3, 0.4) is 0 Å². The van der Waals surface area contributed by atoms with E-state index >= 15 is 0 Å². The van der Waals surface area contributed by atoms with Gasteiger partial charge in [-0.25, -0.2) is 4.39 Å². The van der Waals surface area contributed by atoms with Crippen molar-refractivity contribution in [2.24, 2.45) is 0 Å². The molecule has 176 valence electrons. The zero-order valence-electron chi connectivity index (χ0n) is 17.9. The van der Waals surface area contributed by atoms with E-state index in [0.29, 0.717) is 5.56 Å². The van der Waals surface area contributed by atoms with Crippen LogP contribution in [0, 0.1) is 12.7 Å². The van der Waals surface area contributed by atoms with Crippen LogP contribution in [0.15, 0.2) is 71.6 Å². The van der Waals surface area contributed by atoms with Crippen molar-refractivity contribution in [2.75, 3.05) is 5.32 Å². The number of carbonyl (C=O) groups is 2. The summed E-state index contributed by atoms with van der Waals surface area (Å²) in [6.07, 6.45) is -0.746. The zero-order chi connectivity index (χ0) is 24.5. The normalized spacial score (nSPS) is 17.1. The molecule has 4 rings (SSSR count). The largest absolute Gasteiger partial charge is 0.338 e. The molecular formula is C24H20ClFN2O5S. The van der Waals surface area contributed by atoms with Crippen LogP contribution in [-0.2, 0) is 30.3 Å². The second-order valence-corrected chi connectivity index (χ2v) is 9.82. The first-order valence-corrected chi connectivity index (χ1v) is 12.1. The molecule has 34 heavy (non-hydrogen) atoms. The summed E-state index contributed by atoms with van der Waals surface area (Å²) in [5.41, 5.74) is 2.37. The minimum atomic E-state index is -4.13. The average molecular weight is 503 g/mol. The fourth-order valence-corrected chi connectivity index (χ4v) is 4.91. The van der Waals surface area contributed by atoms with E-state index in [-0.39, 0.29) is 22.0 Å². The Bertz CT molecular complexity index is 1360. The van der Waals surface area contributed by atoms with Gasteiger partial charge in [0, 0.05) is 12.1 Å². The molecule has 7 nitrogen and oxygen atoms in total. The Hall–Kier alpha value is -3.27. The number of halogens is 2. The van der Waals surface area contributed by atoms with Crippen LogP contribution >= 0.6 is 11.6 Å². The van der Waals surface area contributed by atoms with Gasteiger partial charge in [0.15, 0.2) is 0 Å². The summed E-state index contributed by atoms with van der Waals surface area (Å²) in [7, 11) is -4.13. The predicted octanol–water partition coefficient (Wildman–Crippen LogP) is 3.91. The van der Waals surface area contributed by atoms with E-state index in [1.54, 1.807) is 36.4 Å². The van der Waals surface area contributed by atoms with Gasteiger partial charge in [-0.1, -0.05) is 53.6 Å². The van der Waals surface area contributed by atoms with E-state index in [4.69, 9.17) is 15.8 Å². The van der Waals surface area contributed by atoms with Crippen molar-refractivity contribution in [3.8, 4) is 0 Å². The van der Waals surface area contributed by atoms with E-state index in [1.165, 1.54) is 24.3 Å². The zero-order valence-corrected chi connectivity index (χ0v) is 19.5. The number of hydrogen-bond acceptors (Lipinski definition) is 5. The monoisotopic (exact) mass is 502 g/mol. The molecule has 2 atom stereocenters. The SMILES string of the molecule is Cc1ccc(S(=O)(=O)O[C@H]2Cc3ccccc3[C@@H]2NC(=O)C(=O)Nc2ccc(Cl)c(F)c2)cc1. The summed E-state index contributed by atoms with van der Waals surface area (Å²) in [4.78, 5) is 25.0. The average Bonchev–Trinajstić information content (AvgIpc) is 3.12. The second kappa shape index (κ2) is 9.54. The molecule has 3 aromatic rings. The van der Waals surface area contributed by atoms with Gasteiger partial charge in [-0.3, -0.25) is 13.8 Å². The van der Waals surface area contributed by atoms with Gasteiger partial charge in [-0.15, -0.1) is 0 Å². The number of rotatable bonds is 5. The number of aryl methyl sites for hydroxylation is 1. The van der Waals surface area contributed by atoms with Crippen molar-refractivity contribution < 1.29 is 26.6 Å². The smallest absolute Gasteiger partial charge is 0.313 e. The molecule has 2 amide bonds. The van der Waals surface area contributed by atoms with Gasteiger partial charge in [-0.2, -0.15) is 8.42 Å². The number of benzene rings is 3. The van der Waals surface area contributed by atoms with Gasteiger partial charge in [-0.05, 0) is 48.4 Å². The van der Waals surface area contributed by atoms with Crippen LogP contribution in [0.4, 0.5) is 10.1 Å².